The molecule has 1 aliphatic heterocycles. The molecule has 1 saturated heterocycles. The van der Waals surface area contributed by atoms with Crippen LogP contribution in [-0.4, -0.2) is 0 Å². The zero-order valence-electron chi connectivity index (χ0n) is 12.5. The smallest absolute Gasteiger partial charge is 0 e. The second kappa shape index (κ2) is 8.28. The van der Waals surface area contributed by atoms with Gasteiger partial charge in [0.25, 0.3) is 0 Å². The summed E-state index contributed by atoms with van der Waals surface area (Å²) in [6, 6.07) is 0. The molecule has 18 heavy (non-hydrogen) atoms. The quantitative estimate of drug-likeness (QED) is 0.413. The van der Waals surface area contributed by atoms with Crippen LogP contribution in [0.2, 0.25) is 0 Å². The first-order valence-corrected chi connectivity index (χ1v) is 7.13. The molecule has 1 aliphatic carbocycles. The maximum atomic E-state index is 2.22. The average Bonchev–Trinajstić information content (AvgIpc) is 2.75. The Morgan fingerprint density at radius 2 is 0.778 bits per heavy atom. The number of hydrogen-bond acceptors (Lipinski definition) is 0. The van der Waals surface area contributed by atoms with Gasteiger partial charge in [-0.1, -0.05) is 57.0 Å². The third kappa shape index (κ3) is 4.50. The molecule has 0 unspecified atom stereocenters. The Morgan fingerprint density at radius 1 is 0.556 bits per heavy atom. The van der Waals surface area contributed by atoms with Crippen LogP contribution in [0.3, 0.4) is 0 Å². The van der Waals surface area contributed by atoms with Crippen molar-refractivity contribution in [2.45, 2.75) is 48.5 Å². The predicted octanol–water partition coefficient (Wildman–Crippen LogP) is 5.43. The molecule has 10 radical (unpaired) electrons. The minimum atomic E-state index is 0. The summed E-state index contributed by atoms with van der Waals surface area (Å²) >= 11 is 0. The van der Waals surface area contributed by atoms with Crippen LogP contribution < -0.4 is 0 Å². The van der Waals surface area contributed by atoms with E-state index in [0.29, 0.717) is 0 Å². The molecule has 2 heteroatoms. The molecule has 0 spiro atoms. The largest absolute Gasteiger partial charge is 0.0715 e. The van der Waals surface area contributed by atoms with Crippen molar-refractivity contribution in [2.75, 3.05) is 0 Å². The van der Waals surface area contributed by atoms with Crippen LogP contribution in [0.4, 0.5) is 0 Å². The van der Waals surface area contributed by atoms with Gasteiger partial charge in [0.15, 0.2) is 0 Å². The summed E-state index contributed by atoms with van der Waals surface area (Å²) < 4.78 is 0. The van der Waals surface area contributed by atoms with Crippen LogP contribution in [0.25, 0.3) is 0 Å². The van der Waals surface area contributed by atoms with Gasteiger partial charge in [-0.2, -0.15) is 0 Å². The monoisotopic (exact) mass is 302 g/mol. The van der Waals surface area contributed by atoms with Crippen LogP contribution in [0.15, 0.2) is 0 Å². The normalized spacial score (nSPS) is 26.2. The summed E-state index contributed by atoms with van der Waals surface area (Å²) in [6.45, 7) is 15.3. The van der Waals surface area contributed by atoms with Crippen LogP contribution in [0, 0.1) is 53.7 Å². The minimum Gasteiger partial charge on any atom is -0.0715 e. The molecule has 0 N–H and O–H groups in total. The number of rotatable bonds is 0. The Labute approximate surface area is 128 Å². The molecule has 2 aliphatic rings. The van der Waals surface area contributed by atoms with E-state index in [1.165, 1.54) is 50.0 Å². The van der Waals surface area contributed by atoms with Crippen LogP contribution >= 0.6 is 8.58 Å². The van der Waals surface area contributed by atoms with Gasteiger partial charge >= 0.3 is 0 Å². The van der Waals surface area contributed by atoms with Crippen LogP contribution in [-0.2, 0) is 17.1 Å². The second-order valence-corrected chi connectivity index (χ2v) is 5.71. The maximum absolute atomic E-state index is 2.22. The van der Waals surface area contributed by atoms with E-state index in [4.69, 9.17) is 0 Å². The van der Waals surface area contributed by atoms with E-state index in [1.54, 1.807) is 0 Å². The van der Waals surface area contributed by atoms with Crippen molar-refractivity contribution in [1.29, 1.82) is 0 Å². The zero-order chi connectivity index (χ0) is 13.2. The first-order valence-electron chi connectivity index (χ1n) is 6.09. The fourth-order valence-corrected chi connectivity index (χ4v) is 2.80. The fourth-order valence-electron chi connectivity index (χ4n) is 1.87. The van der Waals surface area contributed by atoms with E-state index in [-0.39, 0.29) is 17.1 Å². The molecule has 0 bridgehead atoms. The molecular formula is C16H23FeP. The Hall–Kier alpha value is 0.949. The van der Waals surface area contributed by atoms with Gasteiger partial charge in [0.2, 0.25) is 0 Å². The van der Waals surface area contributed by atoms with Crippen molar-refractivity contribution in [3.05, 3.63) is 53.7 Å². The average molecular weight is 302 g/mol. The molecule has 100 valence electrons. The summed E-state index contributed by atoms with van der Waals surface area (Å²) in [5, 5.41) is 0. The van der Waals surface area contributed by atoms with Gasteiger partial charge in [-0.05, 0) is 53.7 Å². The maximum Gasteiger partial charge on any atom is 0 e. The number of hydrogen-bond donors (Lipinski definition) is 0. The Balaban J connectivity index is 0.000000321. The zero-order valence-corrected chi connectivity index (χ0v) is 14.5. The summed E-state index contributed by atoms with van der Waals surface area (Å²) in [5.41, 5.74) is 0. The third-order valence-electron chi connectivity index (χ3n) is 3.97. The molecular weight excluding hydrogens is 279 g/mol. The van der Waals surface area contributed by atoms with E-state index in [1.807, 2.05) is 0 Å². The van der Waals surface area contributed by atoms with Gasteiger partial charge in [-0.15, -0.1) is 0 Å². The summed E-state index contributed by atoms with van der Waals surface area (Å²) in [6.07, 6.45) is 4.44. The first kappa shape index (κ1) is 18.9. The molecule has 0 nitrogen and oxygen atoms in total. The van der Waals surface area contributed by atoms with E-state index < -0.39 is 0 Å². The van der Waals surface area contributed by atoms with Crippen molar-refractivity contribution in [3.8, 4) is 0 Å². The van der Waals surface area contributed by atoms with Gasteiger partial charge < -0.3 is 0 Å². The Morgan fingerprint density at radius 3 is 0.889 bits per heavy atom. The molecule has 0 aromatic rings. The van der Waals surface area contributed by atoms with E-state index >= 15 is 0 Å². The standard InChI is InChI=1S/C10H15.C6H8P.Fe/c1-6-7(2)9(4)10(5)8(6)3;1-5-3-7-4-6(5)2;/h1-5H3;3-4H,1-2H3;. The predicted molar refractivity (Wildman–Crippen MR) is 77.9 cm³/mol. The van der Waals surface area contributed by atoms with Gasteiger partial charge in [-0.3, -0.25) is 0 Å². The molecule has 2 rings (SSSR count). The van der Waals surface area contributed by atoms with Gasteiger partial charge in [0.05, 0.1) is 0 Å². The van der Waals surface area contributed by atoms with E-state index in [2.05, 4.69) is 60.8 Å². The summed E-state index contributed by atoms with van der Waals surface area (Å²) in [4.78, 5) is 0. The van der Waals surface area contributed by atoms with Crippen LogP contribution in [0.5, 0.6) is 0 Å². The fraction of sp³-hybridized carbons (Fsp3) is 0.438. The van der Waals surface area contributed by atoms with Gasteiger partial charge in [0, 0.05) is 17.1 Å². The Kier molecular flexibility index (Phi) is 8.72. The topological polar surface area (TPSA) is 0 Å². The van der Waals surface area contributed by atoms with E-state index in [9.17, 15) is 0 Å². The Bertz CT molecular complexity index is 178. The third-order valence-corrected chi connectivity index (χ3v) is 5.04. The molecule has 1 heterocycles. The summed E-state index contributed by atoms with van der Waals surface area (Å²) in [7, 11) is 1.36. The molecule has 0 aromatic heterocycles. The van der Waals surface area contributed by atoms with Crippen molar-refractivity contribution in [2.24, 2.45) is 0 Å². The molecule has 1 saturated carbocycles. The molecule has 0 amide bonds. The van der Waals surface area contributed by atoms with Crippen molar-refractivity contribution in [3.63, 3.8) is 0 Å². The van der Waals surface area contributed by atoms with Crippen molar-refractivity contribution < 1.29 is 17.1 Å². The minimum absolute atomic E-state index is 0. The van der Waals surface area contributed by atoms with Gasteiger partial charge in [0.1, 0.15) is 0 Å². The second-order valence-electron chi connectivity index (χ2n) is 4.90. The summed E-state index contributed by atoms with van der Waals surface area (Å²) in [5.74, 6) is 10.2. The molecule has 0 aromatic carbocycles. The SMILES string of the molecule is C[C]1[CH][P][CH][C]1C.C[C]1[C](C)[C](C)[C](C)[C]1C.[Fe]. The van der Waals surface area contributed by atoms with Crippen LogP contribution in [0.1, 0.15) is 48.5 Å². The van der Waals surface area contributed by atoms with E-state index in [0.717, 1.165) is 0 Å². The molecule has 0 atom stereocenters. The van der Waals surface area contributed by atoms with Crippen molar-refractivity contribution in [1.82, 2.24) is 0 Å². The first-order chi connectivity index (χ1) is 7.86. The van der Waals surface area contributed by atoms with Crippen molar-refractivity contribution >= 4 is 8.58 Å². The molecule has 2 fully saturated rings. The van der Waals surface area contributed by atoms with Gasteiger partial charge in [-0.25, -0.2) is 0 Å².